The normalized spacial score (nSPS) is 24.1. The molecule has 1 saturated heterocycles. The minimum Gasteiger partial charge on any atom is -0.329 e. The fourth-order valence-corrected chi connectivity index (χ4v) is 3.43. The third-order valence-electron chi connectivity index (χ3n) is 4.56. The van der Waals surface area contributed by atoms with E-state index in [1.807, 2.05) is 12.3 Å². The van der Waals surface area contributed by atoms with E-state index in [1.165, 1.54) is 23.8 Å². The van der Waals surface area contributed by atoms with Crippen molar-refractivity contribution in [1.29, 1.82) is 0 Å². The van der Waals surface area contributed by atoms with E-state index in [1.54, 1.807) is 0 Å². The van der Waals surface area contributed by atoms with Crippen LogP contribution in [-0.2, 0) is 6.54 Å². The van der Waals surface area contributed by atoms with Gasteiger partial charge in [0.1, 0.15) is 0 Å². The molecule has 0 aliphatic carbocycles. The van der Waals surface area contributed by atoms with Crippen LogP contribution >= 0.6 is 0 Å². The van der Waals surface area contributed by atoms with Crippen LogP contribution in [0.2, 0.25) is 0 Å². The topological polar surface area (TPSA) is 42.2 Å². The highest BCUT2D eigenvalue weighted by molar-refractivity contribution is 5.81. The van der Waals surface area contributed by atoms with Crippen LogP contribution in [-0.4, -0.2) is 29.0 Å². The fourth-order valence-electron chi connectivity index (χ4n) is 3.43. The van der Waals surface area contributed by atoms with Crippen molar-refractivity contribution in [3.63, 3.8) is 0 Å². The first-order chi connectivity index (χ1) is 9.79. The molecule has 0 saturated carbocycles. The highest BCUT2D eigenvalue weighted by atomic mass is 15.2. The van der Waals surface area contributed by atoms with Gasteiger partial charge in [-0.1, -0.05) is 31.2 Å². The molecular formula is C17H23N3. The standard InChI is InChI=1S/C17H23N3/c1-13-5-4-10-20(16(13)11-18)12-15-7-2-6-14-8-3-9-19-17(14)15/h2-3,6-9,13,16H,4-5,10-12,18H2,1H3. The summed E-state index contributed by atoms with van der Waals surface area (Å²) in [5.41, 5.74) is 8.44. The van der Waals surface area contributed by atoms with Crippen molar-refractivity contribution >= 4 is 10.9 Å². The van der Waals surface area contributed by atoms with E-state index in [0.717, 1.165) is 25.2 Å². The van der Waals surface area contributed by atoms with E-state index in [2.05, 4.69) is 41.1 Å². The van der Waals surface area contributed by atoms with Crippen LogP contribution in [0, 0.1) is 5.92 Å². The second-order valence-corrected chi connectivity index (χ2v) is 5.89. The lowest BCUT2D eigenvalue weighted by atomic mass is 9.90. The monoisotopic (exact) mass is 269 g/mol. The molecule has 0 radical (unpaired) electrons. The zero-order valence-corrected chi connectivity index (χ0v) is 12.1. The number of rotatable bonds is 3. The molecule has 2 unspecified atom stereocenters. The molecule has 1 fully saturated rings. The number of piperidine rings is 1. The van der Waals surface area contributed by atoms with Crippen LogP contribution in [0.5, 0.6) is 0 Å². The number of nitrogens with two attached hydrogens (primary N) is 1. The number of benzene rings is 1. The van der Waals surface area contributed by atoms with E-state index >= 15 is 0 Å². The molecule has 0 amide bonds. The van der Waals surface area contributed by atoms with Crippen molar-refractivity contribution in [2.24, 2.45) is 11.7 Å². The molecule has 1 aromatic heterocycles. The summed E-state index contributed by atoms with van der Waals surface area (Å²) in [6.07, 6.45) is 4.45. The molecule has 2 aromatic rings. The summed E-state index contributed by atoms with van der Waals surface area (Å²) in [5.74, 6) is 0.691. The van der Waals surface area contributed by atoms with Gasteiger partial charge >= 0.3 is 0 Å². The third kappa shape index (κ3) is 2.56. The highest BCUT2D eigenvalue weighted by Gasteiger charge is 2.27. The molecule has 0 bridgehead atoms. The van der Waals surface area contributed by atoms with Gasteiger partial charge in [0.15, 0.2) is 0 Å². The van der Waals surface area contributed by atoms with Gasteiger partial charge in [0, 0.05) is 30.7 Å². The summed E-state index contributed by atoms with van der Waals surface area (Å²) >= 11 is 0. The highest BCUT2D eigenvalue weighted by Crippen LogP contribution is 2.26. The van der Waals surface area contributed by atoms with Crippen molar-refractivity contribution in [3.05, 3.63) is 42.1 Å². The number of hydrogen-bond acceptors (Lipinski definition) is 3. The molecule has 3 nitrogen and oxygen atoms in total. The van der Waals surface area contributed by atoms with E-state index in [-0.39, 0.29) is 0 Å². The fraction of sp³-hybridized carbons (Fsp3) is 0.471. The molecular weight excluding hydrogens is 246 g/mol. The third-order valence-corrected chi connectivity index (χ3v) is 4.56. The van der Waals surface area contributed by atoms with Crippen LogP contribution in [0.4, 0.5) is 0 Å². The van der Waals surface area contributed by atoms with Crippen molar-refractivity contribution in [2.75, 3.05) is 13.1 Å². The Labute approximate surface area is 120 Å². The van der Waals surface area contributed by atoms with Crippen molar-refractivity contribution in [2.45, 2.75) is 32.4 Å². The first-order valence-corrected chi connectivity index (χ1v) is 7.56. The van der Waals surface area contributed by atoms with Gasteiger partial charge in [-0.3, -0.25) is 9.88 Å². The van der Waals surface area contributed by atoms with Crippen LogP contribution in [0.25, 0.3) is 10.9 Å². The van der Waals surface area contributed by atoms with Crippen LogP contribution in [0.3, 0.4) is 0 Å². The van der Waals surface area contributed by atoms with Gasteiger partial charge in [0.25, 0.3) is 0 Å². The Balaban J connectivity index is 1.88. The Hall–Kier alpha value is -1.45. The van der Waals surface area contributed by atoms with Gasteiger partial charge < -0.3 is 5.73 Å². The Bertz CT molecular complexity index is 576. The predicted molar refractivity (Wildman–Crippen MR) is 83.4 cm³/mol. The summed E-state index contributed by atoms with van der Waals surface area (Å²) in [5, 5.41) is 1.22. The van der Waals surface area contributed by atoms with Crippen LogP contribution in [0.15, 0.2) is 36.5 Å². The summed E-state index contributed by atoms with van der Waals surface area (Å²) in [6, 6.07) is 11.1. The number of nitrogens with zero attached hydrogens (tertiary/aromatic N) is 2. The molecule has 0 spiro atoms. The number of hydrogen-bond donors (Lipinski definition) is 1. The summed E-state index contributed by atoms with van der Waals surface area (Å²) < 4.78 is 0. The van der Waals surface area contributed by atoms with Crippen LogP contribution in [0.1, 0.15) is 25.3 Å². The Morgan fingerprint density at radius 3 is 3.00 bits per heavy atom. The van der Waals surface area contributed by atoms with Crippen LogP contribution < -0.4 is 5.73 Å². The Kier molecular flexibility index (Phi) is 3.99. The summed E-state index contributed by atoms with van der Waals surface area (Å²) in [4.78, 5) is 7.10. The molecule has 106 valence electrons. The molecule has 1 aromatic carbocycles. The van der Waals surface area contributed by atoms with Crippen molar-refractivity contribution in [1.82, 2.24) is 9.88 Å². The molecule has 3 rings (SSSR count). The number of fused-ring (bicyclic) bond motifs is 1. The number of para-hydroxylation sites is 1. The number of likely N-dealkylation sites (tertiary alicyclic amines) is 1. The van der Waals surface area contributed by atoms with Gasteiger partial charge in [-0.2, -0.15) is 0 Å². The van der Waals surface area contributed by atoms with Gasteiger partial charge in [0.2, 0.25) is 0 Å². The van der Waals surface area contributed by atoms with Gasteiger partial charge in [-0.25, -0.2) is 0 Å². The average Bonchev–Trinajstić information content (AvgIpc) is 2.48. The predicted octanol–water partition coefficient (Wildman–Crippen LogP) is 2.79. The number of pyridine rings is 1. The molecule has 1 aliphatic rings. The zero-order chi connectivity index (χ0) is 13.9. The molecule has 2 atom stereocenters. The average molecular weight is 269 g/mol. The largest absolute Gasteiger partial charge is 0.329 e. The summed E-state index contributed by atoms with van der Waals surface area (Å²) in [6.45, 7) is 5.18. The minimum atomic E-state index is 0.503. The summed E-state index contributed by atoms with van der Waals surface area (Å²) in [7, 11) is 0. The number of aromatic nitrogens is 1. The van der Waals surface area contributed by atoms with E-state index in [4.69, 9.17) is 5.73 Å². The Morgan fingerprint density at radius 2 is 2.15 bits per heavy atom. The minimum absolute atomic E-state index is 0.503. The first kappa shape index (κ1) is 13.5. The molecule has 20 heavy (non-hydrogen) atoms. The molecule has 2 N–H and O–H groups in total. The first-order valence-electron chi connectivity index (χ1n) is 7.56. The van der Waals surface area contributed by atoms with Gasteiger partial charge in [-0.15, -0.1) is 0 Å². The quantitative estimate of drug-likeness (QED) is 0.931. The maximum absolute atomic E-state index is 5.99. The van der Waals surface area contributed by atoms with Gasteiger partial charge in [0.05, 0.1) is 5.52 Å². The second kappa shape index (κ2) is 5.90. The van der Waals surface area contributed by atoms with Crippen molar-refractivity contribution in [3.8, 4) is 0 Å². The van der Waals surface area contributed by atoms with Crippen molar-refractivity contribution < 1.29 is 0 Å². The van der Waals surface area contributed by atoms with E-state index in [9.17, 15) is 0 Å². The van der Waals surface area contributed by atoms with Gasteiger partial charge in [-0.05, 0) is 36.9 Å². The lowest BCUT2D eigenvalue weighted by Gasteiger charge is -2.39. The van der Waals surface area contributed by atoms with E-state index < -0.39 is 0 Å². The second-order valence-electron chi connectivity index (χ2n) is 5.89. The lowest BCUT2D eigenvalue weighted by molar-refractivity contribution is 0.0994. The molecule has 1 aliphatic heterocycles. The molecule has 2 heterocycles. The smallest absolute Gasteiger partial charge is 0.0746 e. The maximum Gasteiger partial charge on any atom is 0.0746 e. The lowest BCUT2D eigenvalue weighted by Crippen LogP contribution is -2.48. The zero-order valence-electron chi connectivity index (χ0n) is 12.1. The SMILES string of the molecule is CC1CCCN(Cc2cccc3cccnc23)C1CN. The maximum atomic E-state index is 5.99. The molecule has 3 heteroatoms. The van der Waals surface area contributed by atoms with E-state index in [0.29, 0.717) is 12.0 Å². The Morgan fingerprint density at radius 1 is 1.30 bits per heavy atom.